The molecule has 214 valence electrons. The molecule has 3 fully saturated rings. The van der Waals surface area contributed by atoms with Crippen molar-refractivity contribution in [2.24, 2.45) is 0 Å². The Morgan fingerprint density at radius 2 is 1.62 bits per heavy atom. The molecular formula is C26H32F3N3O5S2. The van der Waals surface area contributed by atoms with Crippen LogP contribution in [-0.2, 0) is 26.2 Å². The van der Waals surface area contributed by atoms with Crippen LogP contribution in [0.5, 0.6) is 5.75 Å². The minimum Gasteiger partial charge on any atom is -0.490 e. The van der Waals surface area contributed by atoms with Gasteiger partial charge in [0, 0.05) is 49.9 Å². The molecular weight excluding hydrogens is 555 g/mol. The molecule has 0 N–H and O–H groups in total. The maximum absolute atomic E-state index is 13.5. The summed E-state index contributed by atoms with van der Waals surface area (Å²) < 4.78 is 103. The summed E-state index contributed by atoms with van der Waals surface area (Å²) in [6, 6.07) is 6.93. The van der Waals surface area contributed by atoms with Gasteiger partial charge in [0.1, 0.15) is 11.9 Å². The minimum atomic E-state index is -4.80. The molecule has 4 atom stereocenters. The number of fused-ring (bicyclic) bond motifs is 2. The van der Waals surface area contributed by atoms with Gasteiger partial charge in [-0.3, -0.25) is 4.98 Å². The smallest absolute Gasteiger partial charge is 0.417 e. The van der Waals surface area contributed by atoms with Crippen molar-refractivity contribution in [3.63, 3.8) is 0 Å². The van der Waals surface area contributed by atoms with E-state index < -0.39 is 42.7 Å². The largest absolute Gasteiger partial charge is 0.490 e. The first-order valence-corrected chi connectivity index (χ1v) is 16.3. The fourth-order valence-electron chi connectivity index (χ4n) is 6.32. The minimum absolute atomic E-state index is 0.0758. The number of rotatable bonds is 9. The third kappa shape index (κ3) is 5.96. The third-order valence-corrected chi connectivity index (χ3v) is 12.0. The SMILES string of the molecule is O=S(=O)(CCC[C@@H]1CCCN1S(=O)(=O)c1ccccc1C(F)(F)F)N1[C@@H]2CC[C@H]1C[C@H](Oc1ccncc1)C2. The summed E-state index contributed by atoms with van der Waals surface area (Å²) in [5, 5.41) is 0. The Hall–Kier alpha value is -2.22. The Labute approximate surface area is 227 Å². The second kappa shape index (κ2) is 11.0. The molecule has 8 nitrogen and oxygen atoms in total. The van der Waals surface area contributed by atoms with Gasteiger partial charge in [-0.05, 0) is 62.8 Å². The highest BCUT2D eigenvalue weighted by atomic mass is 32.2. The zero-order valence-electron chi connectivity index (χ0n) is 21.3. The van der Waals surface area contributed by atoms with Crippen LogP contribution in [0.3, 0.4) is 0 Å². The van der Waals surface area contributed by atoms with Crippen molar-refractivity contribution < 1.29 is 34.7 Å². The number of aromatic nitrogens is 1. The number of alkyl halides is 3. The van der Waals surface area contributed by atoms with Crippen LogP contribution in [0.1, 0.15) is 56.9 Å². The normalized spacial score (nSPS) is 26.6. The molecule has 0 amide bonds. The van der Waals surface area contributed by atoms with Crippen LogP contribution >= 0.6 is 0 Å². The van der Waals surface area contributed by atoms with E-state index >= 15 is 0 Å². The van der Waals surface area contributed by atoms with Gasteiger partial charge in [-0.15, -0.1) is 0 Å². The summed E-state index contributed by atoms with van der Waals surface area (Å²) in [5.41, 5.74) is -1.19. The number of piperidine rings is 1. The van der Waals surface area contributed by atoms with Gasteiger partial charge >= 0.3 is 6.18 Å². The summed E-state index contributed by atoms with van der Waals surface area (Å²) in [4.78, 5) is 3.22. The number of halogens is 3. The Bertz CT molecular complexity index is 1360. The van der Waals surface area contributed by atoms with Crippen molar-refractivity contribution in [2.75, 3.05) is 12.3 Å². The molecule has 5 rings (SSSR count). The van der Waals surface area contributed by atoms with E-state index in [2.05, 4.69) is 4.98 Å². The molecule has 0 spiro atoms. The number of benzene rings is 1. The number of ether oxygens (including phenoxy) is 1. The van der Waals surface area contributed by atoms with Gasteiger partial charge in [-0.2, -0.15) is 21.8 Å². The molecule has 3 saturated heterocycles. The summed E-state index contributed by atoms with van der Waals surface area (Å²) in [7, 11) is -7.98. The molecule has 2 bridgehead atoms. The first kappa shape index (κ1) is 28.3. The highest BCUT2D eigenvalue weighted by Gasteiger charge is 2.47. The van der Waals surface area contributed by atoms with Crippen LogP contribution < -0.4 is 4.74 Å². The van der Waals surface area contributed by atoms with Crippen LogP contribution in [0.25, 0.3) is 0 Å². The lowest BCUT2D eigenvalue weighted by atomic mass is 10.0. The topological polar surface area (TPSA) is 96.9 Å². The highest BCUT2D eigenvalue weighted by Crippen LogP contribution is 2.40. The summed E-state index contributed by atoms with van der Waals surface area (Å²) >= 11 is 0. The second-order valence-corrected chi connectivity index (χ2v) is 14.3. The van der Waals surface area contributed by atoms with E-state index in [0.717, 1.165) is 35.3 Å². The van der Waals surface area contributed by atoms with E-state index in [9.17, 15) is 30.0 Å². The molecule has 0 radical (unpaired) electrons. The Morgan fingerprint density at radius 3 is 2.28 bits per heavy atom. The maximum atomic E-state index is 13.5. The van der Waals surface area contributed by atoms with E-state index in [1.807, 2.05) is 0 Å². The summed E-state index contributed by atoms with van der Waals surface area (Å²) in [5.74, 6) is 0.582. The van der Waals surface area contributed by atoms with Crippen molar-refractivity contribution in [3.8, 4) is 5.75 Å². The first-order valence-electron chi connectivity index (χ1n) is 13.2. The van der Waals surface area contributed by atoms with E-state index in [1.54, 1.807) is 28.8 Å². The molecule has 13 heteroatoms. The molecule has 0 unspecified atom stereocenters. The van der Waals surface area contributed by atoms with Crippen LogP contribution in [0.4, 0.5) is 13.2 Å². The summed E-state index contributed by atoms with van der Waals surface area (Å²) in [6.07, 6.45) is 2.66. The van der Waals surface area contributed by atoms with E-state index in [1.165, 1.54) is 6.07 Å². The lowest BCUT2D eigenvalue weighted by Gasteiger charge is -2.38. The zero-order valence-corrected chi connectivity index (χ0v) is 23.0. The molecule has 4 heterocycles. The van der Waals surface area contributed by atoms with E-state index in [-0.39, 0.29) is 43.3 Å². The lowest BCUT2D eigenvalue weighted by molar-refractivity contribution is -0.139. The van der Waals surface area contributed by atoms with Crippen molar-refractivity contribution in [2.45, 2.75) is 86.7 Å². The predicted molar refractivity (Wildman–Crippen MR) is 138 cm³/mol. The second-order valence-electron chi connectivity index (χ2n) is 10.5. The fraction of sp³-hybridized carbons (Fsp3) is 0.577. The molecule has 39 heavy (non-hydrogen) atoms. The number of nitrogens with zero attached hydrogens (tertiary/aromatic N) is 3. The Morgan fingerprint density at radius 1 is 0.949 bits per heavy atom. The zero-order chi connectivity index (χ0) is 27.8. The molecule has 2 aromatic rings. The third-order valence-electron chi connectivity index (χ3n) is 7.94. The van der Waals surface area contributed by atoms with E-state index in [4.69, 9.17) is 4.74 Å². The average Bonchev–Trinajstić information content (AvgIpc) is 3.47. The van der Waals surface area contributed by atoms with Crippen molar-refractivity contribution in [1.82, 2.24) is 13.6 Å². The van der Waals surface area contributed by atoms with Crippen LogP contribution in [0.2, 0.25) is 0 Å². The molecule has 3 aliphatic rings. The van der Waals surface area contributed by atoms with Gasteiger partial charge in [-0.1, -0.05) is 12.1 Å². The van der Waals surface area contributed by atoms with Gasteiger partial charge in [0.15, 0.2) is 0 Å². The average molecular weight is 588 g/mol. The number of hydrogen-bond acceptors (Lipinski definition) is 6. The number of hydrogen-bond donors (Lipinski definition) is 0. The maximum Gasteiger partial charge on any atom is 0.417 e. The van der Waals surface area contributed by atoms with Crippen molar-refractivity contribution >= 4 is 20.0 Å². The lowest BCUT2D eigenvalue weighted by Crippen LogP contribution is -2.50. The number of sulfonamides is 2. The molecule has 0 saturated carbocycles. The van der Waals surface area contributed by atoms with Crippen molar-refractivity contribution in [3.05, 3.63) is 54.4 Å². The molecule has 3 aliphatic heterocycles. The number of pyridine rings is 1. The van der Waals surface area contributed by atoms with Gasteiger partial charge in [0.05, 0.1) is 16.2 Å². The Balaban J connectivity index is 1.21. The predicted octanol–water partition coefficient (Wildman–Crippen LogP) is 4.44. The van der Waals surface area contributed by atoms with Gasteiger partial charge in [0.25, 0.3) is 0 Å². The van der Waals surface area contributed by atoms with E-state index in [0.29, 0.717) is 31.4 Å². The highest BCUT2D eigenvalue weighted by molar-refractivity contribution is 7.89. The van der Waals surface area contributed by atoms with Crippen molar-refractivity contribution in [1.29, 1.82) is 0 Å². The van der Waals surface area contributed by atoms with Gasteiger partial charge in [-0.25, -0.2) is 16.8 Å². The molecule has 1 aromatic heterocycles. The first-order chi connectivity index (χ1) is 18.5. The van der Waals surface area contributed by atoms with Gasteiger partial charge < -0.3 is 4.74 Å². The summed E-state index contributed by atoms with van der Waals surface area (Å²) in [6.45, 7) is 0.112. The molecule has 1 aromatic carbocycles. The van der Waals surface area contributed by atoms with Crippen LogP contribution in [0, 0.1) is 0 Å². The monoisotopic (exact) mass is 587 g/mol. The molecule has 0 aliphatic carbocycles. The fourth-order valence-corrected chi connectivity index (χ4v) is 10.3. The van der Waals surface area contributed by atoms with Gasteiger partial charge in [0.2, 0.25) is 20.0 Å². The quantitative estimate of drug-likeness (QED) is 0.431. The Kier molecular flexibility index (Phi) is 7.97. The standard InChI is InChI=1S/C26H32F3N3O5S2/c27-26(28,29)24-7-1-2-8-25(24)39(35,36)31-15-3-5-19(31)6-4-16-38(33,34)32-20-9-10-21(32)18-23(17-20)37-22-11-13-30-14-12-22/h1-2,7-8,11-14,19-21,23H,3-6,9-10,15-18H2/t19-,20-,21+,23-/m0/s1. The van der Waals surface area contributed by atoms with Crippen LogP contribution in [-0.4, -0.2) is 67.0 Å². The van der Waals surface area contributed by atoms with Crippen LogP contribution in [0.15, 0.2) is 53.7 Å².